The molecule has 1 aromatic heterocycles. The van der Waals surface area contributed by atoms with Crippen LogP contribution in [0.2, 0.25) is 0 Å². The minimum Gasteiger partial charge on any atom is -0.459 e. The van der Waals surface area contributed by atoms with Crippen molar-refractivity contribution in [3.63, 3.8) is 0 Å². The molecule has 148 valence electrons. The summed E-state index contributed by atoms with van der Waals surface area (Å²) < 4.78 is 5.01. The van der Waals surface area contributed by atoms with Crippen molar-refractivity contribution in [3.05, 3.63) is 59.5 Å². The molecule has 0 bridgehead atoms. The highest BCUT2D eigenvalue weighted by Crippen LogP contribution is 2.13. The Bertz CT molecular complexity index is 824. The Kier molecular flexibility index (Phi) is 6.47. The maximum atomic E-state index is 12.4. The number of aryl methyl sites for hydroxylation is 1. The molecule has 0 radical (unpaired) electrons. The summed E-state index contributed by atoms with van der Waals surface area (Å²) in [6.07, 6.45) is 3.12. The largest absolute Gasteiger partial charge is 0.459 e. The van der Waals surface area contributed by atoms with Gasteiger partial charge in [-0.3, -0.25) is 14.4 Å². The van der Waals surface area contributed by atoms with Gasteiger partial charge < -0.3 is 20.0 Å². The van der Waals surface area contributed by atoms with Gasteiger partial charge in [0.05, 0.1) is 6.26 Å². The lowest BCUT2D eigenvalue weighted by Crippen LogP contribution is -2.47. The van der Waals surface area contributed by atoms with Gasteiger partial charge in [-0.1, -0.05) is 18.2 Å². The first-order valence-electron chi connectivity index (χ1n) is 9.50. The number of rotatable bonds is 6. The van der Waals surface area contributed by atoms with E-state index in [-0.39, 0.29) is 42.5 Å². The Balaban J connectivity index is 1.38. The highest BCUT2D eigenvalue weighted by Gasteiger charge is 2.24. The topological polar surface area (TPSA) is 91.7 Å². The first-order chi connectivity index (χ1) is 13.5. The lowest BCUT2D eigenvalue weighted by atomic mass is 10.0. The fourth-order valence-corrected chi connectivity index (χ4v) is 3.30. The van der Waals surface area contributed by atoms with Crippen LogP contribution in [0.3, 0.4) is 0 Å². The molecule has 3 amide bonds. The molecule has 2 aromatic rings. The number of hydrogen-bond acceptors (Lipinski definition) is 4. The molecule has 2 N–H and O–H groups in total. The van der Waals surface area contributed by atoms with E-state index in [9.17, 15) is 14.4 Å². The highest BCUT2D eigenvalue weighted by atomic mass is 16.3. The van der Waals surface area contributed by atoms with Crippen molar-refractivity contribution in [1.82, 2.24) is 15.5 Å². The van der Waals surface area contributed by atoms with E-state index < -0.39 is 0 Å². The molecule has 0 atom stereocenters. The van der Waals surface area contributed by atoms with Crippen molar-refractivity contribution in [2.45, 2.75) is 32.2 Å². The van der Waals surface area contributed by atoms with Crippen molar-refractivity contribution in [1.29, 1.82) is 0 Å². The van der Waals surface area contributed by atoms with Crippen LogP contribution in [0, 0.1) is 6.92 Å². The summed E-state index contributed by atoms with van der Waals surface area (Å²) in [5.41, 5.74) is 1.64. The molecule has 28 heavy (non-hydrogen) atoms. The van der Waals surface area contributed by atoms with E-state index in [1.807, 2.05) is 31.2 Å². The van der Waals surface area contributed by atoms with Crippen LogP contribution in [0.25, 0.3) is 0 Å². The average Bonchev–Trinajstić information content (AvgIpc) is 3.23. The number of amides is 3. The predicted octanol–water partition coefficient (Wildman–Crippen LogP) is 2.13. The summed E-state index contributed by atoms with van der Waals surface area (Å²) in [5, 5.41) is 5.74. The number of furan rings is 1. The molecule has 7 heteroatoms. The van der Waals surface area contributed by atoms with Crippen molar-refractivity contribution >= 4 is 17.7 Å². The Hall–Kier alpha value is -3.09. The van der Waals surface area contributed by atoms with Gasteiger partial charge in [0, 0.05) is 37.7 Å². The first kappa shape index (κ1) is 19.7. The molecule has 0 spiro atoms. The summed E-state index contributed by atoms with van der Waals surface area (Å²) in [5.74, 6) is -0.153. The molecular formula is C21H25N3O4. The molecule has 1 aliphatic rings. The van der Waals surface area contributed by atoms with Crippen LogP contribution in [0.4, 0.5) is 0 Å². The Morgan fingerprint density at radius 1 is 1.07 bits per heavy atom. The molecule has 1 fully saturated rings. The van der Waals surface area contributed by atoms with Crippen LogP contribution in [-0.2, 0) is 4.79 Å². The molecule has 1 saturated heterocycles. The molecule has 2 heterocycles. The van der Waals surface area contributed by atoms with Gasteiger partial charge in [0.15, 0.2) is 5.76 Å². The molecule has 1 aliphatic heterocycles. The maximum absolute atomic E-state index is 12.4. The number of nitrogens with one attached hydrogen (secondary N) is 2. The minimum absolute atomic E-state index is 0.00317. The van der Waals surface area contributed by atoms with E-state index in [0.29, 0.717) is 18.7 Å². The Morgan fingerprint density at radius 3 is 2.50 bits per heavy atom. The van der Waals surface area contributed by atoms with Crippen molar-refractivity contribution in [3.8, 4) is 0 Å². The molecule has 0 saturated carbocycles. The van der Waals surface area contributed by atoms with E-state index >= 15 is 0 Å². The maximum Gasteiger partial charge on any atom is 0.286 e. The van der Waals surface area contributed by atoms with E-state index in [1.54, 1.807) is 17.0 Å². The van der Waals surface area contributed by atoms with E-state index in [1.165, 1.54) is 6.26 Å². The van der Waals surface area contributed by atoms with Crippen molar-refractivity contribution < 1.29 is 18.8 Å². The van der Waals surface area contributed by atoms with Crippen LogP contribution >= 0.6 is 0 Å². The van der Waals surface area contributed by atoms with Gasteiger partial charge >= 0.3 is 0 Å². The number of nitrogens with zero attached hydrogens (tertiary/aromatic N) is 1. The third-order valence-corrected chi connectivity index (χ3v) is 4.94. The van der Waals surface area contributed by atoms with Gasteiger partial charge in [0.1, 0.15) is 0 Å². The van der Waals surface area contributed by atoms with Crippen LogP contribution < -0.4 is 10.6 Å². The van der Waals surface area contributed by atoms with Gasteiger partial charge in [0.25, 0.3) is 11.8 Å². The summed E-state index contributed by atoms with van der Waals surface area (Å²) in [7, 11) is 0. The summed E-state index contributed by atoms with van der Waals surface area (Å²) in [4.78, 5) is 38.3. The number of likely N-dealkylation sites (tertiary alicyclic amines) is 1. The normalized spacial score (nSPS) is 14.5. The van der Waals surface area contributed by atoms with Gasteiger partial charge in [-0.15, -0.1) is 0 Å². The Morgan fingerprint density at radius 2 is 1.82 bits per heavy atom. The smallest absolute Gasteiger partial charge is 0.286 e. The standard InChI is InChI=1S/C21H25N3O4/c1-15-5-2-3-6-17(15)20(26)23-16-9-12-24(13-10-16)19(25)8-11-22-21(27)18-7-4-14-28-18/h2-7,14,16H,8-13H2,1H3,(H,22,27)(H,23,26). The van der Waals surface area contributed by atoms with Crippen LogP contribution in [0.5, 0.6) is 0 Å². The molecular weight excluding hydrogens is 358 g/mol. The second-order valence-electron chi connectivity index (χ2n) is 6.93. The van der Waals surface area contributed by atoms with Gasteiger partial charge in [-0.2, -0.15) is 0 Å². The minimum atomic E-state index is -0.324. The zero-order chi connectivity index (χ0) is 19.9. The summed E-state index contributed by atoms with van der Waals surface area (Å²) in [6, 6.07) is 10.8. The number of benzene rings is 1. The zero-order valence-electron chi connectivity index (χ0n) is 15.9. The third-order valence-electron chi connectivity index (χ3n) is 4.94. The predicted molar refractivity (Wildman–Crippen MR) is 104 cm³/mol. The van der Waals surface area contributed by atoms with E-state index in [2.05, 4.69) is 10.6 Å². The lowest BCUT2D eigenvalue weighted by molar-refractivity contribution is -0.132. The second kappa shape index (κ2) is 9.21. The van der Waals surface area contributed by atoms with Crippen LogP contribution in [0.1, 0.15) is 45.7 Å². The number of hydrogen-bond donors (Lipinski definition) is 2. The highest BCUT2D eigenvalue weighted by molar-refractivity contribution is 5.95. The SMILES string of the molecule is Cc1ccccc1C(=O)NC1CCN(C(=O)CCNC(=O)c2ccco2)CC1. The van der Waals surface area contributed by atoms with Crippen molar-refractivity contribution in [2.75, 3.05) is 19.6 Å². The first-order valence-corrected chi connectivity index (χ1v) is 9.50. The van der Waals surface area contributed by atoms with Crippen LogP contribution in [0.15, 0.2) is 47.1 Å². The molecule has 3 rings (SSSR count). The number of carbonyl (C=O) groups excluding carboxylic acids is 3. The molecule has 7 nitrogen and oxygen atoms in total. The lowest BCUT2D eigenvalue weighted by Gasteiger charge is -2.32. The zero-order valence-corrected chi connectivity index (χ0v) is 15.9. The van der Waals surface area contributed by atoms with Crippen LogP contribution in [-0.4, -0.2) is 48.3 Å². The third kappa shape index (κ3) is 5.00. The fourth-order valence-electron chi connectivity index (χ4n) is 3.30. The second-order valence-corrected chi connectivity index (χ2v) is 6.93. The molecule has 0 aliphatic carbocycles. The van der Waals surface area contributed by atoms with Crippen molar-refractivity contribution in [2.24, 2.45) is 0 Å². The fraction of sp³-hybridized carbons (Fsp3) is 0.381. The van der Waals surface area contributed by atoms with Gasteiger partial charge in [0.2, 0.25) is 5.91 Å². The number of piperidine rings is 1. The number of carbonyl (C=O) groups is 3. The monoisotopic (exact) mass is 383 g/mol. The van der Waals surface area contributed by atoms with Gasteiger partial charge in [-0.25, -0.2) is 0 Å². The quantitative estimate of drug-likeness (QED) is 0.799. The summed E-state index contributed by atoms with van der Waals surface area (Å²) >= 11 is 0. The van der Waals surface area contributed by atoms with E-state index in [0.717, 1.165) is 18.4 Å². The average molecular weight is 383 g/mol. The molecule has 1 aromatic carbocycles. The summed E-state index contributed by atoms with van der Waals surface area (Å²) in [6.45, 7) is 3.39. The van der Waals surface area contributed by atoms with Gasteiger partial charge in [-0.05, 0) is 43.5 Å². The van der Waals surface area contributed by atoms with E-state index in [4.69, 9.17) is 4.42 Å². The molecule has 0 unspecified atom stereocenters. The Labute approximate surface area is 164 Å².